The van der Waals surface area contributed by atoms with E-state index in [-0.39, 0.29) is 72.8 Å². The minimum atomic E-state index is -4.45. The number of carbonyl (C=O) groups is 1. The number of pyridine rings is 2. The third-order valence-corrected chi connectivity index (χ3v) is 7.11. The molecule has 1 amide bonds. The molecular formula is C27H18F5N7O2S2. The fraction of sp³-hybridized carbons (Fsp3) is 0.148. The van der Waals surface area contributed by atoms with E-state index in [0.29, 0.717) is 0 Å². The summed E-state index contributed by atoms with van der Waals surface area (Å²) in [6, 6.07) is 9.86. The maximum atomic E-state index is 13.4. The molecule has 4 rings (SSSR count). The lowest BCUT2D eigenvalue weighted by atomic mass is 9.96. The summed E-state index contributed by atoms with van der Waals surface area (Å²) in [6.45, 7) is 3.45. The number of hydrogen-bond acceptors (Lipinski definition) is 10. The van der Waals surface area contributed by atoms with Gasteiger partial charge >= 0.3 is 5.51 Å². The predicted octanol–water partition coefficient (Wildman–Crippen LogP) is 6.84. The van der Waals surface area contributed by atoms with Crippen LogP contribution in [0.4, 0.5) is 27.8 Å². The van der Waals surface area contributed by atoms with Crippen LogP contribution in [0.2, 0.25) is 0 Å². The van der Waals surface area contributed by atoms with Crippen molar-refractivity contribution in [2.75, 3.05) is 13.0 Å². The molecule has 9 nitrogen and oxygen atoms in total. The molecule has 0 bridgehead atoms. The Morgan fingerprint density at radius 1 is 1.09 bits per heavy atom. The zero-order valence-corrected chi connectivity index (χ0v) is 23.5. The molecule has 0 atom stereocenters. The average Bonchev–Trinajstić information content (AvgIpc) is 2.99. The first-order valence-electron chi connectivity index (χ1n) is 11.9. The number of methoxy groups -OCH3 is 1. The quantitative estimate of drug-likeness (QED) is 0.0866. The van der Waals surface area contributed by atoms with E-state index in [2.05, 4.69) is 37.0 Å². The number of amides is 1. The van der Waals surface area contributed by atoms with Crippen molar-refractivity contribution >= 4 is 42.0 Å². The number of thioether (sulfide) groups is 2. The highest BCUT2D eigenvalue weighted by atomic mass is 32.2. The standard InChI is InChI=1S/C27H18F5N7O2S2/c1-34-24-26(39-21(11-37-24)19-6-4-15(10-35-19)43-27(30,31)32)42-13-38-25(40)16-5-3-14(9-33)7-17(16)18-8-20(23(28)29)36-12-22(18)41-2/h3-8,10-12,23H,1,13H2,2H3,(H,38,40). The van der Waals surface area contributed by atoms with Gasteiger partial charge in [-0.15, -0.1) is 0 Å². The van der Waals surface area contributed by atoms with Crippen molar-refractivity contribution < 1.29 is 31.5 Å². The van der Waals surface area contributed by atoms with E-state index in [1.54, 1.807) is 0 Å². The Bertz CT molecular complexity index is 1700. The third kappa shape index (κ3) is 7.81. The summed E-state index contributed by atoms with van der Waals surface area (Å²) in [7, 11) is 1.32. The number of carbonyl (C=O) groups excluding carboxylic acids is 1. The lowest BCUT2D eigenvalue weighted by Crippen LogP contribution is -2.23. The Kier molecular flexibility index (Phi) is 9.88. The predicted molar refractivity (Wildman–Crippen MR) is 150 cm³/mol. The molecule has 0 aliphatic carbocycles. The van der Waals surface area contributed by atoms with Crippen molar-refractivity contribution in [3.8, 4) is 34.3 Å². The van der Waals surface area contributed by atoms with Crippen LogP contribution in [-0.4, -0.2) is 51.1 Å². The second kappa shape index (κ2) is 13.6. The monoisotopic (exact) mass is 631 g/mol. The number of aliphatic imine (C=N–C) groups is 1. The van der Waals surface area contributed by atoms with Crippen molar-refractivity contribution in [1.29, 1.82) is 5.26 Å². The summed E-state index contributed by atoms with van der Waals surface area (Å²) in [5.74, 6) is -0.382. The summed E-state index contributed by atoms with van der Waals surface area (Å²) < 4.78 is 69.9. The number of nitrogens with zero attached hydrogens (tertiary/aromatic N) is 6. The van der Waals surface area contributed by atoms with Crippen LogP contribution in [-0.2, 0) is 0 Å². The molecule has 4 aromatic rings. The van der Waals surface area contributed by atoms with Gasteiger partial charge in [0, 0.05) is 22.2 Å². The maximum Gasteiger partial charge on any atom is 0.446 e. The third-order valence-electron chi connectivity index (χ3n) is 5.56. The van der Waals surface area contributed by atoms with Crippen LogP contribution in [0.3, 0.4) is 0 Å². The summed E-state index contributed by atoms with van der Waals surface area (Å²) in [5.41, 5.74) is -3.89. The van der Waals surface area contributed by atoms with Crippen LogP contribution in [0.25, 0.3) is 22.5 Å². The van der Waals surface area contributed by atoms with E-state index in [0.717, 1.165) is 30.2 Å². The van der Waals surface area contributed by atoms with Crippen LogP contribution in [0.15, 0.2) is 69.9 Å². The van der Waals surface area contributed by atoms with E-state index in [1.807, 2.05) is 6.07 Å². The molecule has 220 valence electrons. The molecular weight excluding hydrogens is 613 g/mol. The maximum absolute atomic E-state index is 13.4. The minimum absolute atomic E-state index is 0.0523. The highest BCUT2D eigenvalue weighted by molar-refractivity contribution is 8.00. The van der Waals surface area contributed by atoms with Gasteiger partial charge in [0.05, 0.1) is 42.7 Å². The molecule has 0 saturated carbocycles. The Morgan fingerprint density at radius 2 is 1.88 bits per heavy atom. The lowest BCUT2D eigenvalue weighted by Gasteiger charge is -2.15. The van der Waals surface area contributed by atoms with Crippen molar-refractivity contribution in [2.24, 2.45) is 4.99 Å². The van der Waals surface area contributed by atoms with E-state index in [1.165, 1.54) is 43.6 Å². The molecule has 43 heavy (non-hydrogen) atoms. The molecule has 16 heteroatoms. The molecule has 0 fully saturated rings. The fourth-order valence-electron chi connectivity index (χ4n) is 3.67. The van der Waals surface area contributed by atoms with Gasteiger partial charge in [0.1, 0.15) is 22.2 Å². The molecule has 0 radical (unpaired) electrons. The van der Waals surface area contributed by atoms with E-state index < -0.39 is 23.5 Å². The van der Waals surface area contributed by atoms with Crippen LogP contribution in [0, 0.1) is 11.3 Å². The Labute approximate surface area is 249 Å². The van der Waals surface area contributed by atoms with Gasteiger partial charge in [-0.3, -0.25) is 14.8 Å². The Hall–Kier alpha value is -4.62. The minimum Gasteiger partial charge on any atom is -0.494 e. The average molecular weight is 632 g/mol. The topological polar surface area (TPSA) is 126 Å². The Balaban J connectivity index is 1.56. The lowest BCUT2D eigenvalue weighted by molar-refractivity contribution is -0.0328. The first-order valence-corrected chi connectivity index (χ1v) is 13.7. The molecule has 0 aliphatic heterocycles. The van der Waals surface area contributed by atoms with Crippen LogP contribution in [0.1, 0.15) is 28.0 Å². The molecule has 3 heterocycles. The molecule has 1 N–H and O–H groups in total. The number of ether oxygens (including phenoxy) is 1. The summed E-state index contributed by atoms with van der Waals surface area (Å²) in [4.78, 5) is 33.3. The van der Waals surface area contributed by atoms with Gasteiger partial charge in [-0.25, -0.2) is 23.7 Å². The van der Waals surface area contributed by atoms with Crippen LogP contribution >= 0.6 is 23.5 Å². The van der Waals surface area contributed by atoms with Crippen molar-refractivity contribution in [3.63, 3.8) is 0 Å². The second-order valence-corrected chi connectivity index (χ2v) is 10.3. The summed E-state index contributed by atoms with van der Waals surface area (Å²) in [5, 5.41) is 12.3. The number of aromatic nitrogens is 4. The number of halogens is 5. The number of hydrogen-bond donors (Lipinski definition) is 1. The van der Waals surface area contributed by atoms with Gasteiger partial charge in [-0.2, -0.15) is 18.4 Å². The number of nitrogens with one attached hydrogen (secondary N) is 1. The highest BCUT2D eigenvalue weighted by Crippen LogP contribution is 2.37. The van der Waals surface area contributed by atoms with Gasteiger partial charge in [0.25, 0.3) is 12.3 Å². The van der Waals surface area contributed by atoms with E-state index >= 15 is 0 Å². The number of nitriles is 1. The molecule has 0 unspecified atom stereocenters. The molecule has 0 spiro atoms. The number of rotatable bonds is 10. The SMILES string of the molecule is C=Nc1ncc(-c2ccc(SC(F)(F)F)cn2)nc1SCNC(=O)c1ccc(C#N)cc1-c1cc(C(F)F)ncc1OC. The highest BCUT2D eigenvalue weighted by Gasteiger charge is 2.29. The largest absolute Gasteiger partial charge is 0.494 e. The zero-order valence-electron chi connectivity index (χ0n) is 21.9. The molecule has 3 aromatic heterocycles. The van der Waals surface area contributed by atoms with Crippen LogP contribution < -0.4 is 10.1 Å². The van der Waals surface area contributed by atoms with Crippen LogP contribution in [0.5, 0.6) is 5.75 Å². The van der Waals surface area contributed by atoms with E-state index in [9.17, 15) is 32.0 Å². The summed E-state index contributed by atoms with van der Waals surface area (Å²) in [6.07, 6.45) is 0.637. The van der Waals surface area contributed by atoms with E-state index in [4.69, 9.17) is 4.74 Å². The number of benzene rings is 1. The second-order valence-electron chi connectivity index (χ2n) is 8.25. The molecule has 0 saturated heterocycles. The van der Waals surface area contributed by atoms with Gasteiger partial charge in [-0.05, 0) is 60.4 Å². The van der Waals surface area contributed by atoms with Crippen molar-refractivity contribution in [1.82, 2.24) is 25.3 Å². The van der Waals surface area contributed by atoms with Gasteiger partial charge in [0.15, 0.2) is 5.82 Å². The van der Waals surface area contributed by atoms with Crippen molar-refractivity contribution in [2.45, 2.75) is 21.9 Å². The fourth-order valence-corrected chi connectivity index (χ4v) is 4.93. The molecule has 1 aromatic carbocycles. The smallest absolute Gasteiger partial charge is 0.446 e. The Morgan fingerprint density at radius 3 is 2.51 bits per heavy atom. The molecule has 0 aliphatic rings. The van der Waals surface area contributed by atoms with Crippen molar-refractivity contribution in [3.05, 3.63) is 71.8 Å². The van der Waals surface area contributed by atoms with Gasteiger partial charge in [0.2, 0.25) is 0 Å². The number of alkyl halides is 5. The first kappa shape index (κ1) is 31.3. The zero-order chi connectivity index (χ0) is 31.1. The van der Waals surface area contributed by atoms with Gasteiger partial charge < -0.3 is 10.1 Å². The summed E-state index contributed by atoms with van der Waals surface area (Å²) >= 11 is 0.737. The first-order chi connectivity index (χ1) is 20.5. The normalized spacial score (nSPS) is 11.2. The van der Waals surface area contributed by atoms with Gasteiger partial charge in [-0.1, -0.05) is 11.8 Å².